The summed E-state index contributed by atoms with van der Waals surface area (Å²) < 4.78 is 5.39. The zero-order valence-electron chi connectivity index (χ0n) is 12.8. The van der Waals surface area contributed by atoms with Gasteiger partial charge >= 0.3 is 0 Å². The van der Waals surface area contributed by atoms with Gasteiger partial charge in [-0.15, -0.1) is 0 Å². The summed E-state index contributed by atoms with van der Waals surface area (Å²) in [5.41, 5.74) is 1.91. The molecule has 0 aromatic heterocycles. The highest BCUT2D eigenvalue weighted by atomic mass is 16.5. The van der Waals surface area contributed by atoms with Gasteiger partial charge in [0.05, 0.1) is 13.2 Å². The average Bonchev–Trinajstić information content (AvgIpc) is 2.35. The van der Waals surface area contributed by atoms with Crippen molar-refractivity contribution in [2.45, 2.75) is 52.1 Å². The van der Waals surface area contributed by atoms with Crippen molar-refractivity contribution in [1.29, 1.82) is 5.26 Å². The van der Waals surface area contributed by atoms with Crippen LogP contribution in [0.5, 0.6) is 5.75 Å². The Kier molecular flexibility index (Phi) is 4.60. The first kappa shape index (κ1) is 15.5. The van der Waals surface area contributed by atoms with Crippen molar-refractivity contribution in [2.24, 2.45) is 0 Å². The Morgan fingerprint density at radius 3 is 2.32 bits per heavy atom. The maximum atomic E-state index is 9.04. The minimum atomic E-state index is -0.539. The minimum Gasteiger partial charge on any atom is -0.496 e. The molecule has 19 heavy (non-hydrogen) atoms. The second kappa shape index (κ2) is 5.63. The van der Waals surface area contributed by atoms with Crippen molar-refractivity contribution in [2.75, 3.05) is 7.11 Å². The van der Waals surface area contributed by atoms with Crippen LogP contribution in [0.4, 0.5) is 0 Å². The molecule has 1 aromatic carbocycles. The predicted octanol–water partition coefficient (Wildman–Crippen LogP) is 3.38. The lowest BCUT2D eigenvalue weighted by molar-refractivity contribution is 0.401. The Balaban J connectivity index is 3.01. The van der Waals surface area contributed by atoms with Crippen LogP contribution in [0.3, 0.4) is 0 Å². The Bertz CT molecular complexity index is 479. The molecule has 0 bridgehead atoms. The smallest absolute Gasteiger partial charge is 0.123 e. The van der Waals surface area contributed by atoms with Gasteiger partial charge in [-0.25, -0.2) is 0 Å². The maximum Gasteiger partial charge on any atom is 0.123 e. The van der Waals surface area contributed by atoms with Crippen molar-refractivity contribution in [3.8, 4) is 11.8 Å². The quantitative estimate of drug-likeness (QED) is 0.902. The lowest BCUT2D eigenvalue weighted by atomic mass is 9.86. The topological polar surface area (TPSA) is 45.0 Å². The van der Waals surface area contributed by atoms with Crippen LogP contribution in [-0.4, -0.2) is 12.6 Å². The lowest BCUT2D eigenvalue weighted by Crippen LogP contribution is -2.37. The molecule has 0 aliphatic carbocycles. The predicted molar refractivity (Wildman–Crippen MR) is 78.2 cm³/mol. The van der Waals surface area contributed by atoms with E-state index in [2.05, 4.69) is 44.3 Å². The Morgan fingerprint density at radius 1 is 1.21 bits per heavy atom. The number of nitriles is 1. The molecule has 0 saturated carbocycles. The third-order valence-corrected chi connectivity index (χ3v) is 3.15. The Labute approximate surface area is 116 Å². The summed E-state index contributed by atoms with van der Waals surface area (Å²) in [6.07, 6.45) is 0. The summed E-state index contributed by atoms with van der Waals surface area (Å²) in [5.74, 6) is 0.856. The van der Waals surface area contributed by atoms with Crippen molar-refractivity contribution < 1.29 is 4.74 Å². The molecule has 0 heterocycles. The van der Waals surface area contributed by atoms with Gasteiger partial charge in [-0.1, -0.05) is 32.9 Å². The van der Waals surface area contributed by atoms with Crippen LogP contribution < -0.4 is 10.1 Å². The number of nitrogens with zero attached hydrogens (tertiary/aromatic N) is 1. The molecule has 0 unspecified atom stereocenters. The summed E-state index contributed by atoms with van der Waals surface area (Å²) in [7, 11) is 1.67. The molecule has 0 fully saturated rings. The second-order valence-electron chi connectivity index (χ2n) is 6.37. The van der Waals surface area contributed by atoms with E-state index in [1.165, 1.54) is 5.56 Å². The molecular weight excluding hydrogens is 236 g/mol. The van der Waals surface area contributed by atoms with E-state index in [4.69, 9.17) is 10.00 Å². The summed E-state index contributed by atoms with van der Waals surface area (Å²) >= 11 is 0. The van der Waals surface area contributed by atoms with E-state index in [-0.39, 0.29) is 5.41 Å². The standard InChI is InChI=1S/C16H24N2O/c1-15(2,3)13-7-8-14(19-6)12(9-13)10-18-16(4,5)11-17/h7-9,18H,10H2,1-6H3. The minimum absolute atomic E-state index is 0.103. The number of hydrogen-bond acceptors (Lipinski definition) is 3. The molecule has 0 atom stereocenters. The van der Waals surface area contributed by atoms with Crippen LogP contribution in [-0.2, 0) is 12.0 Å². The van der Waals surface area contributed by atoms with Gasteiger partial charge in [0.15, 0.2) is 0 Å². The third-order valence-electron chi connectivity index (χ3n) is 3.15. The van der Waals surface area contributed by atoms with E-state index in [0.29, 0.717) is 6.54 Å². The first-order valence-electron chi connectivity index (χ1n) is 6.53. The molecule has 1 aromatic rings. The van der Waals surface area contributed by atoms with Crippen molar-refractivity contribution >= 4 is 0 Å². The van der Waals surface area contributed by atoms with Crippen LogP contribution >= 0.6 is 0 Å². The molecule has 0 spiro atoms. The zero-order chi connectivity index (χ0) is 14.7. The number of rotatable bonds is 4. The van der Waals surface area contributed by atoms with Crippen LogP contribution in [0.2, 0.25) is 0 Å². The molecule has 1 N–H and O–H groups in total. The molecule has 0 aliphatic heterocycles. The zero-order valence-corrected chi connectivity index (χ0v) is 12.8. The summed E-state index contributed by atoms with van der Waals surface area (Å²) in [4.78, 5) is 0. The molecule has 3 nitrogen and oxygen atoms in total. The number of nitrogens with one attached hydrogen (secondary N) is 1. The van der Waals surface area contributed by atoms with Gasteiger partial charge in [-0.05, 0) is 30.9 Å². The summed E-state index contributed by atoms with van der Waals surface area (Å²) in [5, 5.41) is 12.3. The molecule has 3 heteroatoms. The van der Waals surface area contributed by atoms with Gasteiger partial charge in [-0.3, -0.25) is 5.32 Å². The second-order valence-corrected chi connectivity index (χ2v) is 6.37. The molecule has 104 valence electrons. The van der Waals surface area contributed by atoms with Crippen LogP contribution in [0.15, 0.2) is 18.2 Å². The van der Waals surface area contributed by atoms with Crippen LogP contribution in [0, 0.1) is 11.3 Å². The van der Waals surface area contributed by atoms with E-state index in [1.54, 1.807) is 7.11 Å². The third kappa shape index (κ3) is 4.25. The van der Waals surface area contributed by atoms with Crippen LogP contribution in [0.25, 0.3) is 0 Å². The first-order chi connectivity index (χ1) is 8.69. The first-order valence-corrected chi connectivity index (χ1v) is 6.53. The van der Waals surface area contributed by atoms with E-state index >= 15 is 0 Å². The highest BCUT2D eigenvalue weighted by Gasteiger charge is 2.19. The average molecular weight is 260 g/mol. The highest BCUT2D eigenvalue weighted by molar-refractivity contribution is 5.39. The molecule has 0 saturated heterocycles. The SMILES string of the molecule is COc1ccc(C(C)(C)C)cc1CNC(C)(C)C#N. The van der Waals surface area contributed by atoms with Gasteiger partial charge in [0.2, 0.25) is 0 Å². The molecule has 0 amide bonds. The normalized spacial score (nSPS) is 12.1. The number of methoxy groups -OCH3 is 1. The Hall–Kier alpha value is -1.53. The van der Waals surface area contributed by atoms with E-state index < -0.39 is 5.54 Å². The monoisotopic (exact) mass is 260 g/mol. The number of hydrogen-bond donors (Lipinski definition) is 1. The molecule has 0 radical (unpaired) electrons. The molecule has 1 rings (SSSR count). The summed E-state index contributed by atoms with van der Waals surface area (Å²) in [6, 6.07) is 8.49. The number of ether oxygens (including phenoxy) is 1. The fraction of sp³-hybridized carbons (Fsp3) is 0.562. The van der Waals surface area contributed by atoms with Gasteiger partial charge in [0.1, 0.15) is 11.3 Å². The van der Waals surface area contributed by atoms with E-state index in [9.17, 15) is 0 Å². The fourth-order valence-corrected chi connectivity index (χ4v) is 1.74. The van der Waals surface area contributed by atoms with Gasteiger partial charge in [0.25, 0.3) is 0 Å². The van der Waals surface area contributed by atoms with Gasteiger partial charge in [-0.2, -0.15) is 5.26 Å². The van der Waals surface area contributed by atoms with Gasteiger partial charge < -0.3 is 4.74 Å². The van der Waals surface area contributed by atoms with E-state index in [0.717, 1.165) is 11.3 Å². The summed E-state index contributed by atoms with van der Waals surface area (Å²) in [6.45, 7) is 10.9. The fourth-order valence-electron chi connectivity index (χ4n) is 1.74. The molecular formula is C16H24N2O. The van der Waals surface area contributed by atoms with Crippen molar-refractivity contribution in [3.05, 3.63) is 29.3 Å². The van der Waals surface area contributed by atoms with Crippen molar-refractivity contribution in [1.82, 2.24) is 5.32 Å². The number of benzene rings is 1. The largest absolute Gasteiger partial charge is 0.496 e. The highest BCUT2D eigenvalue weighted by Crippen LogP contribution is 2.28. The maximum absolute atomic E-state index is 9.04. The van der Waals surface area contributed by atoms with E-state index in [1.807, 2.05) is 19.9 Å². The van der Waals surface area contributed by atoms with Crippen molar-refractivity contribution in [3.63, 3.8) is 0 Å². The molecule has 0 aliphatic rings. The van der Waals surface area contributed by atoms with Crippen LogP contribution in [0.1, 0.15) is 45.7 Å². The lowest BCUT2D eigenvalue weighted by Gasteiger charge is -2.23. The Morgan fingerprint density at radius 2 is 1.84 bits per heavy atom. The van der Waals surface area contributed by atoms with Gasteiger partial charge in [0, 0.05) is 12.1 Å².